The van der Waals surface area contributed by atoms with Gasteiger partial charge in [0.25, 0.3) is 5.78 Å². The molecule has 13 heteroatoms. The molecule has 10 nitrogen and oxygen atoms in total. The van der Waals surface area contributed by atoms with Gasteiger partial charge in [-0.15, -0.1) is 10.2 Å². The van der Waals surface area contributed by atoms with Gasteiger partial charge in [0.05, 0.1) is 43.6 Å². The number of hydrogen-bond acceptors (Lipinski definition) is 8. The number of carbonyl (C=O) groups is 1. The number of anilines is 2. The van der Waals surface area contributed by atoms with Gasteiger partial charge in [-0.1, -0.05) is 0 Å². The van der Waals surface area contributed by atoms with Crippen LogP contribution in [-0.2, 0) is 28.8 Å². The van der Waals surface area contributed by atoms with Crippen molar-refractivity contribution in [2.75, 3.05) is 44.4 Å². The molecule has 1 saturated heterocycles. The van der Waals surface area contributed by atoms with Gasteiger partial charge >= 0.3 is 6.18 Å². The second-order valence-corrected chi connectivity index (χ2v) is 8.95. The van der Waals surface area contributed by atoms with Crippen molar-refractivity contribution in [2.24, 2.45) is 0 Å². The number of halogens is 3. The van der Waals surface area contributed by atoms with E-state index in [-0.39, 0.29) is 5.69 Å². The zero-order valence-electron chi connectivity index (χ0n) is 20.3. The van der Waals surface area contributed by atoms with E-state index in [9.17, 15) is 18.0 Å². The van der Waals surface area contributed by atoms with Crippen LogP contribution >= 0.6 is 0 Å². The number of nitrogens with two attached hydrogens (primary N) is 1. The van der Waals surface area contributed by atoms with Gasteiger partial charge in [0.1, 0.15) is 11.6 Å². The molecule has 0 aliphatic carbocycles. The van der Waals surface area contributed by atoms with E-state index in [2.05, 4.69) is 32.4 Å². The van der Waals surface area contributed by atoms with E-state index in [1.54, 1.807) is 23.1 Å². The SMILES string of the molecule is CN1CCOCC1.Cc1nnc2nc(NC(C)c3cc(N)cc(C(F)(F)F)c3)c3c(n12)CN(C=O)C3. The molecule has 194 valence electrons. The van der Waals surface area contributed by atoms with E-state index in [4.69, 9.17) is 10.5 Å². The Balaban J connectivity index is 0.000000375. The maximum atomic E-state index is 13.1. The van der Waals surface area contributed by atoms with E-state index in [1.807, 2.05) is 0 Å². The van der Waals surface area contributed by atoms with Gasteiger partial charge in [-0.05, 0) is 44.7 Å². The molecule has 0 radical (unpaired) electrons. The lowest BCUT2D eigenvalue weighted by Gasteiger charge is -2.21. The predicted octanol–water partition coefficient (Wildman–Crippen LogP) is 2.63. The Morgan fingerprint density at radius 1 is 1.17 bits per heavy atom. The number of nitrogens with one attached hydrogen (secondary N) is 1. The molecule has 0 saturated carbocycles. The Bertz CT molecular complexity index is 1240. The van der Waals surface area contributed by atoms with Crippen LogP contribution in [0.3, 0.4) is 0 Å². The minimum Gasteiger partial charge on any atom is -0.399 e. The second kappa shape index (κ2) is 10.3. The molecule has 5 rings (SSSR count). The van der Waals surface area contributed by atoms with Crippen molar-refractivity contribution in [3.05, 3.63) is 46.4 Å². The summed E-state index contributed by atoms with van der Waals surface area (Å²) >= 11 is 0. The molecule has 1 unspecified atom stereocenters. The van der Waals surface area contributed by atoms with Gasteiger partial charge in [-0.3, -0.25) is 9.20 Å². The molecular weight excluding hydrogens is 477 g/mol. The number of morpholine rings is 1. The highest BCUT2D eigenvalue weighted by molar-refractivity contribution is 5.59. The minimum absolute atomic E-state index is 0.0253. The van der Waals surface area contributed by atoms with Crippen molar-refractivity contribution in [2.45, 2.75) is 39.2 Å². The van der Waals surface area contributed by atoms with Gasteiger partial charge in [0, 0.05) is 24.3 Å². The van der Waals surface area contributed by atoms with Crippen LogP contribution in [0.25, 0.3) is 5.78 Å². The molecule has 1 fully saturated rings. The van der Waals surface area contributed by atoms with Crippen LogP contribution in [0.2, 0.25) is 0 Å². The molecular formula is C23H29F3N8O2. The summed E-state index contributed by atoms with van der Waals surface area (Å²) in [5.74, 6) is 1.45. The Morgan fingerprint density at radius 3 is 2.50 bits per heavy atom. The van der Waals surface area contributed by atoms with Crippen molar-refractivity contribution in [3.63, 3.8) is 0 Å². The van der Waals surface area contributed by atoms with E-state index < -0.39 is 17.8 Å². The van der Waals surface area contributed by atoms with Crippen molar-refractivity contribution in [3.8, 4) is 0 Å². The number of nitrogens with zero attached hydrogens (tertiary/aromatic N) is 6. The highest BCUT2D eigenvalue weighted by Gasteiger charge is 2.32. The van der Waals surface area contributed by atoms with E-state index in [0.717, 1.165) is 56.1 Å². The molecule has 36 heavy (non-hydrogen) atoms. The number of fused-ring (bicyclic) bond motifs is 3. The summed E-state index contributed by atoms with van der Waals surface area (Å²) in [5, 5.41) is 11.2. The summed E-state index contributed by atoms with van der Waals surface area (Å²) in [7, 11) is 2.11. The molecule has 0 bridgehead atoms. The van der Waals surface area contributed by atoms with E-state index >= 15 is 0 Å². The molecule has 1 aromatic carbocycles. The third-order valence-electron chi connectivity index (χ3n) is 6.18. The number of rotatable bonds is 4. The first-order valence-corrected chi connectivity index (χ1v) is 11.5. The first-order valence-electron chi connectivity index (χ1n) is 11.5. The highest BCUT2D eigenvalue weighted by atomic mass is 19.4. The Kier molecular flexibility index (Phi) is 7.31. The van der Waals surface area contributed by atoms with Crippen LogP contribution in [0.1, 0.15) is 41.2 Å². The molecule has 3 aromatic rings. The normalized spacial score (nSPS) is 16.9. The third kappa shape index (κ3) is 5.51. The average molecular weight is 507 g/mol. The molecule has 1 atom stereocenters. The largest absolute Gasteiger partial charge is 0.416 e. The van der Waals surface area contributed by atoms with E-state index in [1.165, 1.54) is 6.07 Å². The third-order valence-corrected chi connectivity index (χ3v) is 6.18. The zero-order chi connectivity index (χ0) is 26.0. The van der Waals surface area contributed by atoms with Gasteiger partial charge in [-0.2, -0.15) is 18.2 Å². The number of hydrogen-bond donors (Lipinski definition) is 2. The molecule has 4 heterocycles. The van der Waals surface area contributed by atoms with Gasteiger partial charge in [0.15, 0.2) is 0 Å². The van der Waals surface area contributed by atoms with Crippen LogP contribution in [-0.4, -0.2) is 69.1 Å². The smallest absolute Gasteiger partial charge is 0.399 e. The number of likely N-dealkylation sites (N-methyl/N-ethyl adjacent to an activating group) is 1. The number of amides is 1. The first-order chi connectivity index (χ1) is 17.1. The van der Waals surface area contributed by atoms with Crippen molar-refractivity contribution in [1.82, 2.24) is 29.4 Å². The molecule has 0 spiro atoms. The summed E-state index contributed by atoms with van der Waals surface area (Å²) in [4.78, 5) is 19.6. The fourth-order valence-corrected chi connectivity index (χ4v) is 4.19. The number of benzene rings is 1. The standard InChI is InChI=1S/C18H18F3N7O.C5H11NO/c1-9(11-3-12(18(19,20)21)5-13(22)4-11)23-16-14-6-27(8-29)7-15(14)28-10(2)25-26-17(28)24-16;1-6-2-4-7-5-3-6/h3-5,8-9H,6-7,22H2,1-2H3,(H,23,24,26);2-5H2,1H3. The summed E-state index contributed by atoms with van der Waals surface area (Å²) in [6.07, 6.45) is -3.75. The lowest BCUT2D eigenvalue weighted by Crippen LogP contribution is -2.32. The molecule has 2 aliphatic rings. The average Bonchev–Trinajstić information content (AvgIpc) is 3.42. The minimum atomic E-state index is -4.49. The fourth-order valence-electron chi connectivity index (χ4n) is 4.19. The van der Waals surface area contributed by atoms with Gasteiger partial charge in [-0.25, -0.2) is 0 Å². The lowest BCUT2D eigenvalue weighted by molar-refractivity contribution is -0.137. The Hall–Kier alpha value is -3.45. The van der Waals surface area contributed by atoms with E-state index in [0.29, 0.717) is 36.1 Å². The highest BCUT2D eigenvalue weighted by Crippen LogP contribution is 2.35. The second-order valence-electron chi connectivity index (χ2n) is 8.95. The van der Waals surface area contributed by atoms with Gasteiger partial charge in [0.2, 0.25) is 6.41 Å². The topological polar surface area (TPSA) is 114 Å². The number of carbonyl (C=O) groups excluding carboxylic acids is 1. The van der Waals surface area contributed by atoms with Crippen molar-refractivity contribution >= 4 is 23.7 Å². The quantitative estimate of drug-likeness (QED) is 0.410. The van der Waals surface area contributed by atoms with Crippen LogP contribution < -0.4 is 11.1 Å². The maximum Gasteiger partial charge on any atom is 0.416 e. The molecule has 2 aliphatic heterocycles. The van der Waals surface area contributed by atoms with Crippen molar-refractivity contribution in [1.29, 1.82) is 0 Å². The number of aryl methyl sites for hydroxylation is 1. The fraction of sp³-hybridized carbons (Fsp3) is 0.478. The van der Waals surface area contributed by atoms with Crippen LogP contribution in [0.15, 0.2) is 18.2 Å². The summed E-state index contributed by atoms with van der Waals surface area (Å²) in [5.41, 5.74) is 6.87. The molecule has 1 amide bonds. The van der Waals surface area contributed by atoms with Crippen LogP contribution in [0.4, 0.5) is 24.7 Å². The van der Waals surface area contributed by atoms with Crippen molar-refractivity contribution < 1.29 is 22.7 Å². The number of alkyl halides is 3. The summed E-state index contributed by atoms with van der Waals surface area (Å²) < 4.78 is 46.3. The lowest BCUT2D eigenvalue weighted by atomic mass is 10.0. The zero-order valence-corrected chi connectivity index (χ0v) is 20.3. The van der Waals surface area contributed by atoms with Gasteiger partial charge < -0.3 is 25.6 Å². The summed E-state index contributed by atoms with van der Waals surface area (Å²) in [6.45, 7) is 8.23. The molecule has 2 aromatic heterocycles. The number of ether oxygens (including phenoxy) is 1. The maximum absolute atomic E-state index is 13.1. The van der Waals surface area contributed by atoms with Crippen LogP contribution in [0, 0.1) is 6.92 Å². The monoisotopic (exact) mass is 506 g/mol. The summed E-state index contributed by atoms with van der Waals surface area (Å²) in [6, 6.07) is 2.93. The predicted molar refractivity (Wildman–Crippen MR) is 127 cm³/mol. The Morgan fingerprint density at radius 2 is 1.89 bits per heavy atom. The molecule has 3 N–H and O–H groups in total. The number of nitrogen functional groups attached to an aromatic ring is 1. The Labute approximate surface area is 206 Å². The van der Waals surface area contributed by atoms with Crippen LogP contribution in [0.5, 0.6) is 0 Å². The first kappa shape index (κ1) is 25.6. The number of aromatic nitrogens is 4.